The smallest absolute Gasteiger partial charge is 0.310 e. The van der Waals surface area contributed by atoms with Crippen molar-refractivity contribution in [1.82, 2.24) is 0 Å². The number of ether oxygens (including phenoxy) is 1. The number of hydrogen-bond donors (Lipinski definition) is 0. The molecule has 0 spiro atoms. The van der Waals surface area contributed by atoms with E-state index in [1.165, 1.54) is 0 Å². The zero-order valence-electron chi connectivity index (χ0n) is 13.6. The standard InChI is InChI=1S/C19H19BrO3S/c1-3-23-18(21)12-15-11-14(19(22)13(2)20)9-10-17(15)24-16-7-5-4-6-8-16/h4-11,13H,3,12H2,1-2H3. The van der Waals surface area contributed by atoms with Crippen LogP contribution >= 0.6 is 27.7 Å². The zero-order chi connectivity index (χ0) is 17.5. The molecule has 126 valence electrons. The van der Waals surface area contributed by atoms with Crippen molar-refractivity contribution in [3.8, 4) is 0 Å². The monoisotopic (exact) mass is 406 g/mol. The van der Waals surface area contributed by atoms with Gasteiger partial charge in [-0.2, -0.15) is 0 Å². The Morgan fingerprint density at radius 2 is 1.88 bits per heavy atom. The first-order valence-electron chi connectivity index (χ1n) is 7.71. The largest absolute Gasteiger partial charge is 0.466 e. The van der Waals surface area contributed by atoms with Gasteiger partial charge in [-0.3, -0.25) is 9.59 Å². The Hall–Kier alpha value is -1.59. The minimum atomic E-state index is -0.288. The number of alkyl halides is 1. The van der Waals surface area contributed by atoms with Crippen LogP contribution in [0.1, 0.15) is 29.8 Å². The van der Waals surface area contributed by atoms with Gasteiger partial charge in [0.25, 0.3) is 0 Å². The molecule has 0 fully saturated rings. The van der Waals surface area contributed by atoms with Gasteiger partial charge < -0.3 is 4.74 Å². The summed E-state index contributed by atoms with van der Waals surface area (Å²) in [7, 11) is 0. The summed E-state index contributed by atoms with van der Waals surface area (Å²) in [6.45, 7) is 3.92. The van der Waals surface area contributed by atoms with Gasteiger partial charge in [-0.1, -0.05) is 52.0 Å². The maximum Gasteiger partial charge on any atom is 0.310 e. The molecule has 2 aromatic rings. The molecule has 2 rings (SSSR count). The van der Waals surface area contributed by atoms with Crippen molar-refractivity contribution in [2.75, 3.05) is 6.61 Å². The topological polar surface area (TPSA) is 43.4 Å². The Labute approximate surface area is 154 Å². The lowest BCUT2D eigenvalue weighted by Gasteiger charge is -2.12. The van der Waals surface area contributed by atoms with E-state index in [2.05, 4.69) is 15.9 Å². The SMILES string of the molecule is CCOC(=O)Cc1cc(C(=O)C(C)Br)ccc1Sc1ccccc1. The Morgan fingerprint density at radius 1 is 1.17 bits per heavy atom. The van der Waals surface area contributed by atoms with Crippen LogP contribution in [-0.4, -0.2) is 23.2 Å². The molecular formula is C19H19BrO3S. The number of carbonyl (C=O) groups is 2. The molecule has 0 aliphatic rings. The Kier molecular flexibility index (Phi) is 7.06. The lowest BCUT2D eigenvalue weighted by atomic mass is 10.0. The van der Waals surface area contributed by atoms with E-state index < -0.39 is 0 Å². The van der Waals surface area contributed by atoms with Crippen LogP contribution in [-0.2, 0) is 16.0 Å². The fourth-order valence-corrected chi connectivity index (χ4v) is 3.39. The number of rotatable bonds is 7. The fraction of sp³-hybridized carbons (Fsp3) is 0.263. The highest BCUT2D eigenvalue weighted by Gasteiger charge is 2.16. The summed E-state index contributed by atoms with van der Waals surface area (Å²) < 4.78 is 5.06. The molecule has 3 nitrogen and oxygen atoms in total. The van der Waals surface area contributed by atoms with E-state index >= 15 is 0 Å². The van der Waals surface area contributed by atoms with E-state index in [1.54, 1.807) is 37.7 Å². The minimum absolute atomic E-state index is 0.00336. The van der Waals surface area contributed by atoms with Crippen molar-refractivity contribution in [3.63, 3.8) is 0 Å². The van der Waals surface area contributed by atoms with Crippen LogP contribution in [0.4, 0.5) is 0 Å². The van der Waals surface area contributed by atoms with Gasteiger partial charge in [-0.25, -0.2) is 0 Å². The van der Waals surface area contributed by atoms with Crippen LogP contribution in [0.15, 0.2) is 58.3 Å². The highest BCUT2D eigenvalue weighted by Crippen LogP contribution is 2.32. The molecule has 0 saturated heterocycles. The molecule has 0 heterocycles. The second-order valence-electron chi connectivity index (χ2n) is 5.20. The van der Waals surface area contributed by atoms with Crippen LogP contribution in [0.5, 0.6) is 0 Å². The van der Waals surface area contributed by atoms with Crippen LogP contribution in [0.3, 0.4) is 0 Å². The molecule has 0 aliphatic heterocycles. The van der Waals surface area contributed by atoms with Crippen LogP contribution in [0.2, 0.25) is 0 Å². The van der Waals surface area contributed by atoms with Gasteiger partial charge in [0.2, 0.25) is 0 Å². The summed E-state index contributed by atoms with van der Waals surface area (Å²) in [6.07, 6.45) is 0.154. The summed E-state index contributed by atoms with van der Waals surface area (Å²) in [5.74, 6) is -0.291. The molecular weight excluding hydrogens is 388 g/mol. The van der Waals surface area contributed by atoms with Crippen LogP contribution < -0.4 is 0 Å². The van der Waals surface area contributed by atoms with E-state index in [4.69, 9.17) is 4.74 Å². The molecule has 0 amide bonds. The molecule has 2 aromatic carbocycles. The quantitative estimate of drug-likeness (QED) is 0.372. The number of hydrogen-bond acceptors (Lipinski definition) is 4. The second kappa shape index (κ2) is 9.04. The number of carbonyl (C=O) groups excluding carboxylic acids is 2. The predicted molar refractivity (Wildman–Crippen MR) is 100 cm³/mol. The van der Waals surface area contributed by atoms with E-state index in [0.29, 0.717) is 12.2 Å². The number of Topliss-reactive ketones (excluding diaryl/α,β-unsaturated/α-hetero) is 1. The van der Waals surface area contributed by atoms with Gasteiger partial charge in [-0.05, 0) is 43.7 Å². The summed E-state index contributed by atoms with van der Waals surface area (Å²) in [5, 5.41) is 0. The summed E-state index contributed by atoms with van der Waals surface area (Å²) >= 11 is 4.88. The predicted octanol–water partition coefficient (Wildman–Crippen LogP) is 4.91. The summed E-state index contributed by atoms with van der Waals surface area (Å²) in [6, 6.07) is 15.4. The molecule has 1 atom stereocenters. The molecule has 5 heteroatoms. The fourth-order valence-electron chi connectivity index (χ4n) is 2.18. The third-order valence-corrected chi connectivity index (χ3v) is 4.86. The maximum absolute atomic E-state index is 12.2. The number of ketones is 1. The molecule has 0 radical (unpaired) electrons. The first-order valence-corrected chi connectivity index (χ1v) is 9.44. The Bertz CT molecular complexity index is 714. The van der Waals surface area contributed by atoms with Crippen molar-refractivity contribution in [1.29, 1.82) is 0 Å². The third-order valence-electron chi connectivity index (χ3n) is 3.32. The van der Waals surface area contributed by atoms with Crippen molar-refractivity contribution in [3.05, 3.63) is 59.7 Å². The summed E-state index contributed by atoms with van der Waals surface area (Å²) in [4.78, 5) is 25.9. The van der Waals surface area contributed by atoms with E-state index in [-0.39, 0.29) is 23.0 Å². The average molecular weight is 407 g/mol. The zero-order valence-corrected chi connectivity index (χ0v) is 16.0. The van der Waals surface area contributed by atoms with Gasteiger partial charge >= 0.3 is 5.97 Å². The number of halogens is 1. The molecule has 0 saturated carbocycles. The first-order chi connectivity index (χ1) is 11.5. The second-order valence-corrected chi connectivity index (χ2v) is 7.69. The lowest BCUT2D eigenvalue weighted by Crippen LogP contribution is -2.12. The highest BCUT2D eigenvalue weighted by atomic mass is 79.9. The van der Waals surface area contributed by atoms with Crippen molar-refractivity contribution < 1.29 is 14.3 Å². The van der Waals surface area contributed by atoms with E-state index in [1.807, 2.05) is 36.4 Å². The van der Waals surface area contributed by atoms with Crippen molar-refractivity contribution in [2.24, 2.45) is 0 Å². The normalized spacial score (nSPS) is 11.8. The van der Waals surface area contributed by atoms with Gasteiger partial charge in [0, 0.05) is 15.4 Å². The number of esters is 1. The molecule has 0 aromatic heterocycles. The van der Waals surface area contributed by atoms with Gasteiger partial charge in [0.05, 0.1) is 17.9 Å². The first kappa shape index (κ1) is 18.7. The Balaban J connectivity index is 2.33. The molecule has 24 heavy (non-hydrogen) atoms. The van der Waals surface area contributed by atoms with Gasteiger partial charge in [-0.15, -0.1) is 0 Å². The minimum Gasteiger partial charge on any atom is -0.466 e. The van der Waals surface area contributed by atoms with Crippen molar-refractivity contribution in [2.45, 2.75) is 34.9 Å². The van der Waals surface area contributed by atoms with Crippen LogP contribution in [0.25, 0.3) is 0 Å². The number of benzene rings is 2. The maximum atomic E-state index is 12.2. The van der Waals surface area contributed by atoms with E-state index in [9.17, 15) is 9.59 Å². The molecule has 1 unspecified atom stereocenters. The lowest BCUT2D eigenvalue weighted by molar-refractivity contribution is -0.142. The highest BCUT2D eigenvalue weighted by molar-refractivity contribution is 9.10. The third kappa shape index (κ3) is 5.21. The molecule has 0 bridgehead atoms. The van der Waals surface area contributed by atoms with Gasteiger partial charge in [0.15, 0.2) is 5.78 Å². The van der Waals surface area contributed by atoms with Crippen LogP contribution in [0, 0.1) is 0 Å². The molecule has 0 aliphatic carbocycles. The summed E-state index contributed by atoms with van der Waals surface area (Å²) in [5.41, 5.74) is 1.40. The Morgan fingerprint density at radius 3 is 2.50 bits per heavy atom. The average Bonchev–Trinajstić information content (AvgIpc) is 2.57. The van der Waals surface area contributed by atoms with E-state index in [0.717, 1.165) is 15.4 Å². The van der Waals surface area contributed by atoms with Crippen molar-refractivity contribution >= 4 is 39.4 Å². The van der Waals surface area contributed by atoms with Gasteiger partial charge in [0.1, 0.15) is 0 Å². The molecule has 0 N–H and O–H groups in total.